The summed E-state index contributed by atoms with van der Waals surface area (Å²) in [6.07, 6.45) is 4.82. The Labute approximate surface area is 211 Å². The molecule has 1 aliphatic carbocycles. The van der Waals surface area contributed by atoms with Crippen LogP contribution in [-0.2, 0) is 21.4 Å². The molecule has 3 atom stereocenters. The molecule has 6 rings (SSSR count). The van der Waals surface area contributed by atoms with Gasteiger partial charge in [0.15, 0.2) is 17.5 Å². The monoisotopic (exact) mass is 538 g/mol. The van der Waals surface area contributed by atoms with E-state index in [0.29, 0.717) is 49.3 Å². The first-order valence-corrected chi connectivity index (χ1v) is 13.8. The molecule has 3 aliphatic heterocycles. The van der Waals surface area contributed by atoms with Crippen molar-refractivity contribution < 1.29 is 31.2 Å². The van der Waals surface area contributed by atoms with E-state index in [1.54, 1.807) is 9.58 Å². The van der Waals surface area contributed by atoms with Crippen molar-refractivity contribution in [1.29, 1.82) is 0 Å². The summed E-state index contributed by atoms with van der Waals surface area (Å²) in [4.78, 5) is 28.6. The number of amides is 3. The Kier molecular flexibility index (Phi) is 5.62. The molecule has 3 amide bonds. The highest BCUT2D eigenvalue weighted by atomic mass is 32.2. The predicted octanol–water partition coefficient (Wildman–Crippen LogP) is 2.58. The normalized spacial score (nSPS) is 26.5. The summed E-state index contributed by atoms with van der Waals surface area (Å²) in [6.45, 7) is 0.663. The van der Waals surface area contributed by atoms with E-state index in [9.17, 15) is 31.2 Å². The van der Waals surface area contributed by atoms with Crippen molar-refractivity contribution in [3.05, 3.63) is 41.5 Å². The summed E-state index contributed by atoms with van der Waals surface area (Å²) in [5.41, 5.74) is 0.665. The molecule has 2 aromatic rings. The van der Waals surface area contributed by atoms with Gasteiger partial charge in [-0.1, -0.05) is 0 Å². The summed E-state index contributed by atoms with van der Waals surface area (Å²) < 4.78 is 70.1. The van der Waals surface area contributed by atoms with Crippen LogP contribution in [0.15, 0.2) is 18.3 Å². The maximum absolute atomic E-state index is 13.7. The number of nitrogens with one attached hydrogen (secondary N) is 1. The lowest BCUT2D eigenvalue weighted by molar-refractivity contribution is -0.129. The van der Waals surface area contributed by atoms with Crippen LogP contribution >= 0.6 is 0 Å². The topological polar surface area (TPSA) is 108 Å². The zero-order chi connectivity index (χ0) is 26.1. The fraction of sp³-hybridized carbons (Fsp3) is 0.522. The number of sulfonamides is 1. The smallest absolute Gasteiger partial charge is 0.322 e. The molecule has 3 fully saturated rings. The summed E-state index contributed by atoms with van der Waals surface area (Å²) in [5.74, 6) is -4.69. The Bertz CT molecular complexity index is 1380. The minimum Gasteiger partial charge on any atom is -0.337 e. The van der Waals surface area contributed by atoms with Gasteiger partial charge in [0.2, 0.25) is 15.9 Å². The van der Waals surface area contributed by atoms with E-state index >= 15 is 0 Å². The molecule has 4 heterocycles. The van der Waals surface area contributed by atoms with Crippen molar-refractivity contribution in [1.82, 2.24) is 19.6 Å². The molecule has 14 heteroatoms. The standard InChI is InChI=1S/C23H25F3N6O4S/c24-15-7-13(8-16(25)22(15)26)28-23(34)30-11-20-19(9-27-32(20)18-4-1-3-17(18)30)31-10-14(12-37(31,35)36)29-6-2-5-21(29)33/h7-9,14,17-18H,1-6,10-12H2,(H,28,34)/t14?,17-,18+/m0/s1. The van der Waals surface area contributed by atoms with Crippen molar-refractivity contribution in [2.75, 3.05) is 28.5 Å². The number of carbonyl (C=O) groups is 2. The third-order valence-electron chi connectivity index (χ3n) is 7.79. The minimum atomic E-state index is -3.73. The number of likely N-dealkylation sites (tertiary alicyclic amines) is 1. The Balaban J connectivity index is 1.29. The van der Waals surface area contributed by atoms with Gasteiger partial charge < -0.3 is 15.1 Å². The van der Waals surface area contributed by atoms with E-state index in [0.717, 1.165) is 12.8 Å². The molecular weight excluding hydrogens is 513 g/mol. The van der Waals surface area contributed by atoms with Gasteiger partial charge in [0, 0.05) is 30.8 Å². The first-order valence-electron chi connectivity index (χ1n) is 12.2. The molecule has 0 radical (unpaired) electrons. The van der Waals surface area contributed by atoms with Crippen LogP contribution in [0.2, 0.25) is 0 Å². The van der Waals surface area contributed by atoms with Crippen LogP contribution < -0.4 is 9.62 Å². The molecule has 1 unspecified atom stereocenters. The third-order valence-corrected chi connectivity index (χ3v) is 9.61. The second-order valence-electron chi connectivity index (χ2n) is 9.95. The summed E-state index contributed by atoms with van der Waals surface area (Å²) in [5, 5.41) is 6.93. The number of hydrogen-bond donors (Lipinski definition) is 1. The van der Waals surface area contributed by atoms with E-state index in [-0.39, 0.29) is 42.5 Å². The van der Waals surface area contributed by atoms with E-state index in [4.69, 9.17) is 0 Å². The fourth-order valence-electron chi connectivity index (χ4n) is 6.10. The van der Waals surface area contributed by atoms with Crippen LogP contribution in [0.5, 0.6) is 0 Å². The number of anilines is 2. The number of rotatable bonds is 3. The van der Waals surface area contributed by atoms with Crippen LogP contribution in [0.25, 0.3) is 0 Å². The van der Waals surface area contributed by atoms with Gasteiger partial charge in [-0.25, -0.2) is 26.4 Å². The molecule has 4 aliphatic rings. The quantitative estimate of drug-likeness (QED) is 0.605. The van der Waals surface area contributed by atoms with Crippen LogP contribution in [0, 0.1) is 17.5 Å². The van der Waals surface area contributed by atoms with Gasteiger partial charge in [0.05, 0.1) is 54.5 Å². The van der Waals surface area contributed by atoms with Gasteiger partial charge >= 0.3 is 6.03 Å². The Hall–Kier alpha value is -3.29. The number of nitrogens with zero attached hydrogens (tertiary/aromatic N) is 5. The van der Waals surface area contributed by atoms with Gasteiger partial charge in [0.25, 0.3) is 0 Å². The maximum Gasteiger partial charge on any atom is 0.322 e. The molecule has 1 aromatic carbocycles. The summed E-state index contributed by atoms with van der Waals surface area (Å²) >= 11 is 0. The van der Waals surface area contributed by atoms with Crippen molar-refractivity contribution in [3.8, 4) is 0 Å². The summed E-state index contributed by atoms with van der Waals surface area (Å²) in [6, 6.07) is -0.115. The largest absolute Gasteiger partial charge is 0.337 e. The number of aromatic nitrogens is 2. The zero-order valence-electron chi connectivity index (χ0n) is 19.7. The number of fused-ring (bicyclic) bond motifs is 3. The number of carbonyl (C=O) groups excluding carboxylic acids is 2. The van der Waals surface area contributed by atoms with E-state index < -0.39 is 39.5 Å². The van der Waals surface area contributed by atoms with Crippen LogP contribution in [-0.4, -0.2) is 70.9 Å². The maximum atomic E-state index is 13.7. The molecule has 0 bridgehead atoms. The van der Waals surface area contributed by atoms with E-state index in [1.807, 2.05) is 0 Å². The fourth-order valence-corrected chi connectivity index (χ4v) is 7.91. The third kappa shape index (κ3) is 3.92. The minimum absolute atomic E-state index is 0.0217. The zero-order valence-corrected chi connectivity index (χ0v) is 20.6. The van der Waals surface area contributed by atoms with Crippen LogP contribution in [0.4, 0.5) is 29.3 Å². The van der Waals surface area contributed by atoms with E-state index in [2.05, 4.69) is 10.4 Å². The van der Waals surface area contributed by atoms with Crippen molar-refractivity contribution in [3.63, 3.8) is 0 Å². The molecule has 1 saturated carbocycles. The number of hydrogen-bond acceptors (Lipinski definition) is 5. The van der Waals surface area contributed by atoms with Gasteiger partial charge in [-0.15, -0.1) is 0 Å². The average molecular weight is 539 g/mol. The van der Waals surface area contributed by atoms with Crippen molar-refractivity contribution >= 4 is 33.3 Å². The Morgan fingerprint density at radius 2 is 1.81 bits per heavy atom. The van der Waals surface area contributed by atoms with Gasteiger partial charge in [-0.05, 0) is 25.7 Å². The predicted molar refractivity (Wildman–Crippen MR) is 126 cm³/mol. The number of urea groups is 1. The molecule has 1 aromatic heterocycles. The molecule has 198 valence electrons. The second-order valence-corrected chi connectivity index (χ2v) is 11.9. The number of halogens is 3. The molecular formula is C23H25F3N6O4S. The molecule has 1 N–H and O–H groups in total. The lowest BCUT2D eigenvalue weighted by atomic mass is 10.1. The first kappa shape index (κ1) is 24.1. The molecule has 37 heavy (non-hydrogen) atoms. The van der Waals surface area contributed by atoms with E-state index in [1.165, 1.54) is 15.4 Å². The molecule has 0 spiro atoms. The van der Waals surface area contributed by atoms with Gasteiger partial charge in [-0.3, -0.25) is 13.8 Å². The SMILES string of the molecule is O=C1CCCN1C1CN(c2cnn3c2CN(C(=O)Nc2cc(F)c(F)c(F)c2)[C@H]2CCC[C@H]23)S(=O)(=O)C1. The number of benzene rings is 1. The van der Waals surface area contributed by atoms with Crippen molar-refractivity contribution in [2.24, 2.45) is 0 Å². The van der Waals surface area contributed by atoms with Crippen LogP contribution in [0.1, 0.15) is 43.8 Å². The van der Waals surface area contributed by atoms with Gasteiger partial charge in [0.1, 0.15) is 0 Å². The lowest BCUT2D eigenvalue weighted by Crippen LogP contribution is -2.49. The highest BCUT2D eigenvalue weighted by molar-refractivity contribution is 7.93. The second kappa shape index (κ2) is 8.64. The average Bonchev–Trinajstić information content (AvgIpc) is 3.61. The lowest BCUT2D eigenvalue weighted by Gasteiger charge is -2.39. The summed E-state index contributed by atoms with van der Waals surface area (Å²) in [7, 11) is -3.73. The highest BCUT2D eigenvalue weighted by Crippen LogP contribution is 2.42. The Morgan fingerprint density at radius 1 is 1.08 bits per heavy atom. The van der Waals surface area contributed by atoms with Gasteiger partial charge in [-0.2, -0.15) is 5.10 Å². The first-order chi connectivity index (χ1) is 17.6. The van der Waals surface area contributed by atoms with Crippen LogP contribution in [0.3, 0.4) is 0 Å². The van der Waals surface area contributed by atoms with Crippen molar-refractivity contribution in [2.45, 2.75) is 56.8 Å². The highest BCUT2D eigenvalue weighted by Gasteiger charge is 2.47. The Morgan fingerprint density at radius 3 is 2.51 bits per heavy atom. The molecule has 2 saturated heterocycles. The molecule has 10 nitrogen and oxygen atoms in total.